The lowest BCUT2D eigenvalue weighted by Gasteiger charge is -2.25. The molecule has 0 spiro atoms. The van der Waals surface area contributed by atoms with E-state index in [1.54, 1.807) is 25.1 Å². The zero-order valence-electron chi connectivity index (χ0n) is 22.6. The molecule has 5 N–H and O–H groups in total. The molecular formula is C23H26FN7O11P2. The second kappa shape index (κ2) is 10.9. The van der Waals surface area contributed by atoms with E-state index in [9.17, 15) is 24.0 Å². The number of hydrogen-bond acceptors (Lipinski definition) is 14. The van der Waals surface area contributed by atoms with Gasteiger partial charge < -0.3 is 34.7 Å². The van der Waals surface area contributed by atoms with Gasteiger partial charge in [-0.05, 0) is 24.6 Å². The molecule has 3 aliphatic heterocycles. The quantitative estimate of drug-likeness (QED) is 0.222. The van der Waals surface area contributed by atoms with Crippen LogP contribution in [0.4, 0.5) is 10.2 Å². The van der Waals surface area contributed by atoms with Crippen molar-refractivity contribution in [3.63, 3.8) is 0 Å². The zero-order chi connectivity index (χ0) is 31.0. The SMILES string of the molecule is Cc1cccc2c1nnn2[C@@H]1O[C@@H]2COP(=O)(O)O[C@H]3[C@@H](F)[C@H](n4ccc5c(N)ncnc54)O[C@@H]3COP(=O)(O)O[C@@H]1[C@@H]2O. The molecule has 3 saturated heterocycles. The highest BCUT2D eigenvalue weighted by atomic mass is 31.2. The molecule has 2 unspecified atom stereocenters. The van der Waals surface area contributed by atoms with E-state index in [4.69, 9.17) is 33.3 Å². The third-order valence-electron chi connectivity index (χ3n) is 7.65. The molecule has 3 aromatic heterocycles. The van der Waals surface area contributed by atoms with Crippen molar-refractivity contribution in [2.75, 3.05) is 18.9 Å². The summed E-state index contributed by atoms with van der Waals surface area (Å²) in [6.45, 7) is 0.204. The number of aryl methyl sites for hydroxylation is 1. The number of benzene rings is 1. The monoisotopic (exact) mass is 657 g/mol. The maximum atomic E-state index is 15.9. The van der Waals surface area contributed by atoms with Gasteiger partial charge in [0.25, 0.3) is 0 Å². The lowest BCUT2D eigenvalue weighted by molar-refractivity contribution is -0.0706. The second-order valence-electron chi connectivity index (χ2n) is 10.4. The normalized spacial score (nSPS) is 38.3. The molecule has 3 fully saturated rings. The summed E-state index contributed by atoms with van der Waals surface area (Å²) >= 11 is 0. The van der Waals surface area contributed by atoms with Crippen molar-refractivity contribution in [1.29, 1.82) is 0 Å². The lowest BCUT2D eigenvalue weighted by Crippen LogP contribution is -2.35. The maximum absolute atomic E-state index is 15.9. The number of halogens is 1. The smallest absolute Gasteiger partial charge is 0.387 e. The van der Waals surface area contributed by atoms with Crippen LogP contribution < -0.4 is 5.73 Å². The number of aromatic nitrogens is 6. The number of ether oxygens (including phenoxy) is 2. The highest BCUT2D eigenvalue weighted by Crippen LogP contribution is 2.54. The van der Waals surface area contributed by atoms with Crippen molar-refractivity contribution in [3.05, 3.63) is 42.4 Å². The summed E-state index contributed by atoms with van der Waals surface area (Å²) in [6, 6.07) is 6.72. The van der Waals surface area contributed by atoms with Gasteiger partial charge in [-0.3, -0.25) is 18.1 Å². The number of fused-ring (bicyclic) bond motifs is 5. The summed E-state index contributed by atoms with van der Waals surface area (Å²) in [6.07, 6.45) is -10.4. The summed E-state index contributed by atoms with van der Waals surface area (Å²) in [5.41, 5.74) is 7.81. The molecule has 0 radical (unpaired) electrons. The van der Waals surface area contributed by atoms with Gasteiger partial charge in [-0.25, -0.2) is 28.2 Å². The molecule has 236 valence electrons. The van der Waals surface area contributed by atoms with Gasteiger partial charge in [0.05, 0.1) is 24.1 Å². The van der Waals surface area contributed by atoms with Gasteiger partial charge in [0.15, 0.2) is 18.6 Å². The van der Waals surface area contributed by atoms with Crippen molar-refractivity contribution in [2.45, 2.75) is 56.1 Å². The van der Waals surface area contributed by atoms with E-state index in [0.717, 1.165) is 5.56 Å². The van der Waals surface area contributed by atoms with Crippen LogP contribution in [0.1, 0.15) is 18.0 Å². The molecular weight excluding hydrogens is 631 g/mol. The molecule has 44 heavy (non-hydrogen) atoms. The molecule has 0 saturated carbocycles. The Morgan fingerprint density at radius 3 is 2.48 bits per heavy atom. The summed E-state index contributed by atoms with van der Waals surface area (Å²) in [4.78, 5) is 29.2. The topological polar surface area (TPSA) is 238 Å². The predicted octanol–water partition coefficient (Wildman–Crippen LogP) is 1.28. The Balaban J connectivity index is 1.20. The molecule has 10 atom stereocenters. The molecule has 1 aromatic carbocycles. The molecule has 4 aromatic rings. The first kappa shape index (κ1) is 29.8. The number of phosphoric ester groups is 2. The number of anilines is 1. The summed E-state index contributed by atoms with van der Waals surface area (Å²) in [7, 11) is -10.1. The fourth-order valence-electron chi connectivity index (χ4n) is 5.53. The average Bonchev–Trinajstić information content (AvgIpc) is 3.73. The Bertz CT molecular complexity index is 1830. The number of phosphoric acid groups is 2. The van der Waals surface area contributed by atoms with E-state index in [2.05, 4.69) is 20.3 Å². The van der Waals surface area contributed by atoms with E-state index in [-0.39, 0.29) is 11.5 Å². The largest absolute Gasteiger partial charge is 0.472 e. The first-order valence-electron chi connectivity index (χ1n) is 13.2. The minimum Gasteiger partial charge on any atom is -0.387 e. The number of nitrogens with two attached hydrogens (primary N) is 1. The molecule has 0 amide bonds. The van der Waals surface area contributed by atoms with Crippen LogP contribution in [0.5, 0.6) is 0 Å². The average molecular weight is 657 g/mol. The molecule has 3 aliphatic rings. The lowest BCUT2D eigenvalue weighted by atomic mass is 10.1. The van der Waals surface area contributed by atoms with E-state index in [1.807, 2.05) is 0 Å². The van der Waals surface area contributed by atoms with Crippen LogP contribution in [0.3, 0.4) is 0 Å². The van der Waals surface area contributed by atoms with Gasteiger partial charge in [0, 0.05) is 6.20 Å². The number of aliphatic hydroxyl groups excluding tert-OH is 1. The maximum Gasteiger partial charge on any atom is 0.472 e. The number of nitrogens with zero attached hydrogens (tertiary/aromatic N) is 6. The van der Waals surface area contributed by atoms with Crippen molar-refractivity contribution in [2.24, 2.45) is 0 Å². The number of rotatable bonds is 2. The molecule has 18 nitrogen and oxygen atoms in total. The van der Waals surface area contributed by atoms with E-state index < -0.39 is 78.0 Å². The minimum atomic E-state index is -5.06. The van der Waals surface area contributed by atoms with Crippen LogP contribution in [-0.4, -0.2) is 94.3 Å². The second-order valence-corrected chi connectivity index (χ2v) is 13.2. The van der Waals surface area contributed by atoms with Gasteiger partial charge in [0.1, 0.15) is 53.8 Å². The standard InChI is InChI=1S/C23H26FN7O11P2/c1-10-3-2-4-12-16(10)28-29-31(12)23-19-17(32)13(39-23)7-37-43(33,34)41-18-14(8-38-44(35,36)42-19)40-22(15(18)24)30-6-5-11-20(25)26-9-27-21(11)30/h2-6,9,13-15,17-19,22-23,32H,7-8H2,1H3,(H,33,34)(H,35,36)(H2,25,26,27)/t13-,14-,15-,17-,18-,19-,22-,23-/m1/s1. The van der Waals surface area contributed by atoms with Crippen molar-refractivity contribution >= 4 is 43.5 Å². The van der Waals surface area contributed by atoms with Gasteiger partial charge in [-0.2, -0.15) is 0 Å². The van der Waals surface area contributed by atoms with E-state index in [1.165, 1.54) is 27.8 Å². The molecule has 2 bridgehead atoms. The highest BCUT2D eigenvalue weighted by molar-refractivity contribution is 7.47. The zero-order valence-corrected chi connectivity index (χ0v) is 24.4. The van der Waals surface area contributed by atoms with Gasteiger partial charge in [-0.15, -0.1) is 5.10 Å². The van der Waals surface area contributed by atoms with Gasteiger partial charge >= 0.3 is 15.6 Å². The van der Waals surface area contributed by atoms with Crippen LogP contribution in [0.2, 0.25) is 0 Å². The molecule has 7 rings (SSSR count). The number of hydrogen-bond donors (Lipinski definition) is 4. The van der Waals surface area contributed by atoms with Crippen LogP contribution in [0.15, 0.2) is 36.8 Å². The minimum absolute atomic E-state index is 0.127. The Hall–Kier alpha value is -2.93. The van der Waals surface area contributed by atoms with Crippen LogP contribution in [0.25, 0.3) is 22.1 Å². The van der Waals surface area contributed by atoms with E-state index >= 15 is 4.39 Å². The summed E-state index contributed by atoms with van der Waals surface area (Å²) in [5.74, 6) is 0.127. The number of nitrogen functional groups attached to an aromatic ring is 1. The number of aliphatic hydroxyl groups is 1. The van der Waals surface area contributed by atoms with Crippen molar-refractivity contribution in [3.8, 4) is 0 Å². The third-order valence-corrected chi connectivity index (χ3v) is 9.62. The Morgan fingerprint density at radius 1 is 1.00 bits per heavy atom. The summed E-state index contributed by atoms with van der Waals surface area (Å²) < 4.78 is 77.1. The predicted molar refractivity (Wildman–Crippen MR) is 144 cm³/mol. The van der Waals surface area contributed by atoms with Gasteiger partial charge in [0.2, 0.25) is 0 Å². The third kappa shape index (κ3) is 5.13. The molecule has 6 heterocycles. The Labute approximate surface area is 246 Å². The van der Waals surface area contributed by atoms with Gasteiger partial charge in [-0.1, -0.05) is 17.3 Å². The van der Waals surface area contributed by atoms with Crippen molar-refractivity contribution in [1.82, 2.24) is 29.5 Å². The van der Waals surface area contributed by atoms with Crippen LogP contribution >= 0.6 is 15.6 Å². The molecule has 0 aliphatic carbocycles. The highest BCUT2D eigenvalue weighted by Gasteiger charge is 2.54. The first-order valence-corrected chi connectivity index (χ1v) is 16.2. The Morgan fingerprint density at radius 2 is 1.70 bits per heavy atom. The van der Waals surface area contributed by atoms with E-state index in [0.29, 0.717) is 16.4 Å². The molecule has 21 heteroatoms. The fourth-order valence-corrected chi connectivity index (χ4v) is 7.42. The van der Waals surface area contributed by atoms with Crippen LogP contribution in [-0.2, 0) is 36.7 Å². The van der Waals surface area contributed by atoms with Crippen molar-refractivity contribution < 1.29 is 56.0 Å². The van der Waals surface area contributed by atoms with Crippen LogP contribution in [0, 0.1) is 6.92 Å². The first-order chi connectivity index (χ1) is 20.9. The number of alkyl halides is 1. The fraction of sp³-hybridized carbons (Fsp3) is 0.478. The Kier molecular flexibility index (Phi) is 7.34. The summed E-state index contributed by atoms with van der Waals surface area (Å²) in [5, 5.41) is 19.6.